The molecule has 1 heterocycles. The first-order chi connectivity index (χ1) is 8.44. The van der Waals surface area contributed by atoms with Gasteiger partial charge in [0.25, 0.3) is 0 Å². The SMILES string of the molecule is CN=C(NCCCC(C)C)N1CCSC(C)(C)C1. The fourth-order valence-electron chi connectivity index (χ4n) is 2.24. The molecule has 0 aromatic heterocycles. The molecule has 0 amide bonds. The van der Waals surface area contributed by atoms with Crippen molar-refractivity contribution in [2.24, 2.45) is 10.9 Å². The zero-order valence-corrected chi connectivity index (χ0v) is 13.4. The van der Waals surface area contributed by atoms with Crippen LogP contribution in [0.2, 0.25) is 0 Å². The van der Waals surface area contributed by atoms with Gasteiger partial charge in [-0.2, -0.15) is 11.8 Å². The Hall–Kier alpha value is -0.380. The number of guanidine groups is 1. The van der Waals surface area contributed by atoms with Gasteiger partial charge >= 0.3 is 0 Å². The summed E-state index contributed by atoms with van der Waals surface area (Å²) in [6.07, 6.45) is 2.51. The molecule has 1 saturated heterocycles. The summed E-state index contributed by atoms with van der Waals surface area (Å²) in [5, 5.41) is 3.50. The van der Waals surface area contributed by atoms with Crippen molar-refractivity contribution < 1.29 is 0 Å². The molecule has 0 bridgehead atoms. The minimum Gasteiger partial charge on any atom is -0.356 e. The van der Waals surface area contributed by atoms with Gasteiger partial charge in [-0.1, -0.05) is 13.8 Å². The van der Waals surface area contributed by atoms with Gasteiger partial charge in [0.1, 0.15) is 0 Å². The fourth-order valence-corrected chi connectivity index (χ4v) is 3.35. The topological polar surface area (TPSA) is 27.6 Å². The van der Waals surface area contributed by atoms with Crippen molar-refractivity contribution in [3.8, 4) is 0 Å². The molecular formula is C14H29N3S. The van der Waals surface area contributed by atoms with Gasteiger partial charge in [0, 0.05) is 37.2 Å². The highest BCUT2D eigenvalue weighted by molar-refractivity contribution is 8.00. The van der Waals surface area contributed by atoms with Crippen LogP contribution in [0, 0.1) is 5.92 Å². The van der Waals surface area contributed by atoms with Gasteiger partial charge < -0.3 is 10.2 Å². The highest BCUT2D eigenvalue weighted by atomic mass is 32.2. The third-order valence-electron chi connectivity index (χ3n) is 3.18. The van der Waals surface area contributed by atoms with Gasteiger partial charge in [-0.3, -0.25) is 4.99 Å². The monoisotopic (exact) mass is 271 g/mol. The Morgan fingerprint density at radius 1 is 1.44 bits per heavy atom. The molecule has 1 aliphatic rings. The summed E-state index contributed by atoms with van der Waals surface area (Å²) in [6, 6.07) is 0. The van der Waals surface area contributed by atoms with E-state index < -0.39 is 0 Å². The third-order valence-corrected chi connectivity index (χ3v) is 4.48. The predicted molar refractivity (Wildman–Crippen MR) is 83.5 cm³/mol. The van der Waals surface area contributed by atoms with E-state index in [9.17, 15) is 0 Å². The van der Waals surface area contributed by atoms with Gasteiger partial charge in [-0.05, 0) is 32.6 Å². The quantitative estimate of drug-likeness (QED) is 0.484. The van der Waals surface area contributed by atoms with Crippen molar-refractivity contribution in [1.29, 1.82) is 0 Å². The Morgan fingerprint density at radius 2 is 2.17 bits per heavy atom. The molecule has 0 saturated carbocycles. The number of nitrogens with zero attached hydrogens (tertiary/aromatic N) is 2. The van der Waals surface area contributed by atoms with Crippen LogP contribution in [-0.4, -0.2) is 48.0 Å². The minimum absolute atomic E-state index is 0.341. The van der Waals surface area contributed by atoms with E-state index in [-0.39, 0.29) is 0 Å². The highest BCUT2D eigenvalue weighted by Crippen LogP contribution is 2.29. The molecule has 1 rings (SSSR count). The maximum absolute atomic E-state index is 4.42. The summed E-state index contributed by atoms with van der Waals surface area (Å²) in [5.41, 5.74) is 0. The van der Waals surface area contributed by atoms with Gasteiger partial charge in [0.2, 0.25) is 0 Å². The van der Waals surface area contributed by atoms with Crippen molar-refractivity contribution in [3.63, 3.8) is 0 Å². The maximum atomic E-state index is 4.42. The van der Waals surface area contributed by atoms with Crippen molar-refractivity contribution in [2.45, 2.75) is 45.3 Å². The highest BCUT2D eigenvalue weighted by Gasteiger charge is 2.28. The van der Waals surface area contributed by atoms with Crippen LogP contribution in [0.4, 0.5) is 0 Å². The smallest absolute Gasteiger partial charge is 0.193 e. The summed E-state index contributed by atoms with van der Waals surface area (Å²) in [6.45, 7) is 12.4. The Kier molecular flexibility index (Phi) is 6.33. The standard InChI is InChI=1S/C14H29N3S/c1-12(2)7-6-8-16-13(15-5)17-9-10-18-14(3,4)11-17/h12H,6-11H2,1-5H3,(H,15,16). The van der Waals surface area contributed by atoms with Crippen LogP contribution in [0.25, 0.3) is 0 Å². The molecule has 0 atom stereocenters. The van der Waals surface area contributed by atoms with Gasteiger partial charge in [0.15, 0.2) is 5.96 Å². The Morgan fingerprint density at radius 3 is 2.72 bits per heavy atom. The molecule has 106 valence electrons. The van der Waals surface area contributed by atoms with Crippen molar-refractivity contribution in [3.05, 3.63) is 0 Å². The van der Waals surface area contributed by atoms with Crippen LogP contribution >= 0.6 is 11.8 Å². The number of thioether (sulfide) groups is 1. The number of nitrogens with one attached hydrogen (secondary N) is 1. The van der Waals surface area contributed by atoms with Crippen molar-refractivity contribution in [2.75, 3.05) is 32.4 Å². The van der Waals surface area contributed by atoms with Crippen LogP contribution in [0.15, 0.2) is 4.99 Å². The number of aliphatic imine (C=N–C) groups is 1. The fraction of sp³-hybridized carbons (Fsp3) is 0.929. The molecule has 1 N–H and O–H groups in total. The van der Waals surface area contributed by atoms with Crippen LogP contribution in [0.5, 0.6) is 0 Å². The maximum Gasteiger partial charge on any atom is 0.193 e. The molecule has 0 radical (unpaired) electrons. The molecule has 0 aromatic carbocycles. The summed E-state index contributed by atoms with van der Waals surface area (Å²) in [5.74, 6) is 3.06. The Labute approximate surface area is 117 Å². The summed E-state index contributed by atoms with van der Waals surface area (Å²) < 4.78 is 0.341. The lowest BCUT2D eigenvalue weighted by Crippen LogP contribution is -2.51. The first kappa shape index (κ1) is 15.7. The third kappa shape index (κ3) is 5.51. The van der Waals surface area contributed by atoms with Crippen LogP contribution in [0.3, 0.4) is 0 Å². The molecule has 0 aromatic rings. The molecule has 1 aliphatic heterocycles. The molecular weight excluding hydrogens is 242 g/mol. The van der Waals surface area contributed by atoms with E-state index >= 15 is 0 Å². The van der Waals surface area contributed by atoms with Crippen molar-refractivity contribution in [1.82, 2.24) is 10.2 Å². The molecule has 0 unspecified atom stereocenters. The lowest BCUT2D eigenvalue weighted by atomic mass is 10.1. The molecule has 4 heteroatoms. The van der Waals surface area contributed by atoms with E-state index in [1.807, 2.05) is 7.05 Å². The van der Waals surface area contributed by atoms with Gasteiger partial charge in [-0.15, -0.1) is 0 Å². The first-order valence-electron chi connectivity index (χ1n) is 7.04. The summed E-state index contributed by atoms with van der Waals surface area (Å²) >= 11 is 2.06. The van der Waals surface area contributed by atoms with E-state index in [0.717, 1.165) is 31.5 Å². The summed E-state index contributed by atoms with van der Waals surface area (Å²) in [4.78, 5) is 6.81. The second-order valence-electron chi connectivity index (χ2n) is 6.04. The second kappa shape index (κ2) is 7.27. The van der Waals surface area contributed by atoms with E-state index in [2.05, 4.69) is 54.7 Å². The number of hydrogen-bond donors (Lipinski definition) is 1. The molecule has 18 heavy (non-hydrogen) atoms. The lowest BCUT2D eigenvalue weighted by Gasteiger charge is -2.39. The van der Waals surface area contributed by atoms with Crippen LogP contribution in [0.1, 0.15) is 40.5 Å². The zero-order chi connectivity index (χ0) is 13.6. The molecule has 0 aliphatic carbocycles. The first-order valence-corrected chi connectivity index (χ1v) is 8.03. The van der Waals surface area contributed by atoms with E-state index in [1.165, 1.54) is 18.6 Å². The predicted octanol–water partition coefficient (Wildman–Crippen LogP) is 2.83. The Bertz CT molecular complexity index is 274. The molecule has 3 nitrogen and oxygen atoms in total. The number of rotatable bonds is 4. The molecule has 0 spiro atoms. The average molecular weight is 271 g/mol. The zero-order valence-electron chi connectivity index (χ0n) is 12.6. The minimum atomic E-state index is 0.341. The van der Waals surface area contributed by atoms with Gasteiger partial charge in [0.05, 0.1) is 0 Å². The van der Waals surface area contributed by atoms with Crippen LogP contribution < -0.4 is 5.32 Å². The van der Waals surface area contributed by atoms with E-state index in [4.69, 9.17) is 0 Å². The second-order valence-corrected chi connectivity index (χ2v) is 7.84. The van der Waals surface area contributed by atoms with Gasteiger partial charge in [-0.25, -0.2) is 0 Å². The average Bonchev–Trinajstić information content (AvgIpc) is 2.27. The lowest BCUT2D eigenvalue weighted by molar-refractivity contribution is 0.375. The van der Waals surface area contributed by atoms with E-state index in [0.29, 0.717) is 4.75 Å². The summed E-state index contributed by atoms with van der Waals surface area (Å²) in [7, 11) is 1.89. The van der Waals surface area contributed by atoms with E-state index in [1.54, 1.807) is 0 Å². The number of hydrogen-bond acceptors (Lipinski definition) is 2. The normalized spacial score (nSPS) is 20.3. The Balaban J connectivity index is 2.37. The van der Waals surface area contributed by atoms with Crippen molar-refractivity contribution >= 4 is 17.7 Å². The largest absolute Gasteiger partial charge is 0.356 e. The van der Waals surface area contributed by atoms with Crippen LogP contribution in [-0.2, 0) is 0 Å². The molecule has 1 fully saturated rings.